The summed E-state index contributed by atoms with van der Waals surface area (Å²) in [6, 6.07) is -0.821. The van der Waals surface area contributed by atoms with E-state index in [0.29, 0.717) is 19.4 Å². The van der Waals surface area contributed by atoms with E-state index in [-0.39, 0.29) is 22.3 Å². The fraction of sp³-hybridized carbons (Fsp3) is 0.667. The van der Waals surface area contributed by atoms with Crippen LogP contribution in [0.4, 0.5) is 0 Å². The SMILES string of the molecule is N=C(N)NCCC[C@H](N)C(=O)O.[H+].[H+].[S-2]. The maximum atomic E-state index is 10.2. The smallest absolute Gasteiger partial charge is 1.00 e. The van der Waals surface area contributed by atoms with E-state index in [1.807, 2.05) is 0 Å². The summed E-state index contributed by atoms with van der Waals surface area (Å²) in [4.78, 5) is 10.2. The second kappa shape index (κ2) is 7.69. The van der Waals surface area contributed by atoms with Crippen molar-refractivity contribution in [3.8, 4) is 0 Å². The zero-order valence-corrected chi connectivity index (χ0v) is 7.93. The molecule has 0 aromatic carbocycles. The Morgan fingerprint density at radius 2 is 2.23 bits per heavy atom. The van der Waals surface area contributed by atoms with Crippen LogP contribution in [-0.2, 0) is 18.3 Å². The summed E-state index contributed by atoms with van der Waals surface area (Å²) in [7, 11) is 0. The number of guanidine groups is 1. The predicted octanol–water partition coefficient (Wildman–Crippen LogP) is -1.12. The third kappa shape index (κ3) is 8.96. The molecule has 0 bridgehead atoms. The van der Waals surface area contributed by atoms with Crippen molar-refractivity contribution in [3.63, 3.8) is 0 Å². The van der Waals surface area contributed by atoms with Crippen molar-refractivity contribution in [2.45, 2.75) is 18.9 Å². The zero-order valence-electron chi connectivity index (χ0n) is 9.12. The average molecular weight is 208 g/mol. The first-order chi connectivity index (χ1) is 5.54. The van der Waals surface area contributed by atoms with Gasteiger partial charge < -0.3 is 35.4 Å². The average Bonchev–Trinajstić information content (AvgIpc) is 1.97. The van der Waals surface area contributed by atoms with E-state index in [2.05, 4.69) is 5.32 Å². The maximum absolute atomic E-state index is 10.2. The molecule has 6 nitrogen and oxygen atoms in total. The second-order valence-electron chi connectivity index (χ2n) is 2.43. The monoisotopic (exact) mass is 208 g/mol. The van der Waals surface area contributed by atoms with E-state index >= 15 is 0 Å². The van der Waals surface area contributed by atoms with E-state index in [0.717, 1.165) is 0 Å². The van der Waals surface area contributed by atoms with Gasteiger partial charge in [0, 0.05) is 6.54 Å². The van der Waals surface area contributed by atoms with Crippen LogP contribution in [0.2, 0.25) is 0 Å². The molecule has 0 heterocycles. The highest BCUT2D eigenvalue weighted by Gasteiger charge is 2.09. The summed E-state index contributed by atoms with van der Waals surface area (Å²) in [6.45, 7) is 0.482. The summed E-state index contributed by atoms with van der Waals surface area (Å²) in [5, 5.41) is 17.7. The largest absolute Gasteiger partial charge is 2.00 e. The van der Waals surface area contributed by atoms with Crippen LogP contribution in [0.3, 0.4) is 0 Å². The van der Waals surface area contributed by atoms with Crippen LogP contribution >= 0.6 is 0 Å². The molecule has 0 radical (unpaired) electrons. The third-order valence-corrected chi connectivity index (χ3v) is 1.32. The minimum Gasteiger partial charge on any atom is -2.00 e. The molecule has 0 aliphatic carbocycles. The van der Waals surface area contributed by atoms with Gasteiger partial charge in [-0.05, 0) is 12.8 Å². The van der Waals surface area contributed by atoms with Crippen molar-refractivity contribution in [2.24, 2.45) is 11.5 Å². The van der Waals surface area contributed by atoms with Gasteiger partial charge in [0.1, 0.15) is 6.04 Å². The standard InChI is InChI=1S/C6H14N4O2.S/c7-4(5(11)12)2-1-3-10-6(8)9;/h4H,1-3,7H2,(H,11,12)(H4,8,9,10);/q;-2/p+2/t4-;/m0./s1. The maximum Gasteiger partial charge on any atom is 1.00 e. The van der Waals surface area contributed by atoms with Gasteiger partial charge >= 0.3 is 8.82 Å². The predicted molar refractivity (Wildman–Crippen MR) is 54.4 cm³/mol. The van der Waals surface area contributed by atoms with Crippen LogP contribution in [-0.4, -0.2) is 29.6 Å². The minimum absolute atomic E-state index is 0. The Morgan fingerprint density at radius 3 is 2.62 bits per heavy atom. The molecule has 0 saturated carbocycles. The summed E-state index contributed by atoms with van der Waals surface area (Å²) in [6.07, 6.45) is 0.975. The molecule has 0 amide bonds. The van der Waals surface area contributed by atoms with Gasteiger partial charge in [-0.2, -0.15) is 0 Å². The number of nitrogens with one attached hydrogen (secondary N) is 2. The minimum atomic E-state index is -1.00. The molecule has 13 heavy (non-hydrogen) atoms. The Hall–Kier alpha value is -0.950. The third-order valence-electron chi connectivity index (χ3n) is 1.32. The van der Waals surface area contributed by atoms with Gasteiger partial charge in [-0.3, -0.25) is 10.2 Å². The lowest BCUT2D eigenvalue weighted by Gasteiger charge is -2.06. The van der Waals surface area contributed by atoms with Crippen molar-refractivity contribution in [3.05, 3.63) is 0 Å². The number of carbonyl (C=O) groups is 1. The highest BCUT2D eigenvalue weighted by molar-refractivity contribution is 7.37. The lowest BCUT2D eigenvalue weighted by atomic mass is 10.2. The molecule has 0 aliphatic heterocycles. The van der Waals surface area contributed by atoms with Crippen molar-refractivity contribution in [1.29, 1.82) is 5.41 Å². The van der Waals surface area contributed by atoms with Gasteiger partial charge in [-0.25, -0.2) is 0 Å². The first-order valence-corrected chi connectivity index (χ1v) is 3.60. The van der Waals surface area contributed by atoms with Crippen LogP contribution in [0.1, 0.15) is 15.7 Å². The second-order valence-corrected chi connectivity index (χ2v) is 2.43. The summed E-state index contributed by atoms with van der Waals surface area (Å²) in [5.74, 6) is -1.11. The van der Waals surface area contributed by atoms with E-state index in [4.69, 9.17) is 22.0 Å². The van der Waals surface area contributed by atoms with E-state index < -0.39 is 12.0 Å². The first kappa shape index (κ1) is 14.6. The number of rotatable bonds is 5. The Labute approximate surface area is 86.6 Å². The lowest BCUT2D eigenvalue weighted by molar-refractivity contribution is -0.138. The molecule has 0 fully saturated rings. The van der Waals surface area contributed by atoms with Crippen LogP contribution in [0.25, 0.3) is 0 Å². The van der Waals surface area contributed by atoms with Crippen LogP contribution < -0.4 is 16.8 Å². The number of carboxylic acid groups (broad SMARTS) is 1. The number of hydrogen-bond acceptors (Lipinski definition) is 3. The van der Waals surface area contributed by atoms with Crippen LogP contribution in [0.15, 0.2) is 0 Å². The molecule has 0 aliphatic rings. The molecule has 78 valence electrons. The van der Waals surface area contributed by atoms with E-state index in [9.17, 15) is 4.79 Å². The van der Waals surface area contributed by atoms with Gasteiger partial charge in [0.05, 0.1) is 0 Å². The fourth-order valence-corrected chi connectivity index (χ4v) is 0.669. The Bertz CT molecular complexity index is 185. The molecule has 0 aromatic heterocycles. The quantitative estimate of drug-likeness (QED) is 0.222. The molecule has 7 heteroatoms. The van der Waals surface area contributed by atoms with Gasteiger partial charge in [-0.15, -0.1) is 0 Å². The van der Waals surface area contributed by atoms with Gasteiger partial charge in [0.2, 0.25) is 0 Å². The molecule has 0 unspecified atom stereocenters. The number of aliphatic carboxylic acids is 1. The van der Waals surface area contributed by atoms with Crippen molar-refractivity contribution in [2.75, 3.05) is 6.54 Å². The van der Waals surface area contributed by atoms with Gasteiger partial charge in [0.15, 0.2) is 5.96 Å². The summed E-state index contributed by atoms with van der Waals surface area (Å²) >= 11 is 0. The molecule has 0 saturated heterocycles. The van der Waals surface area contributed by atoms with Crippen LogP contribution in [0, 0.1) is 5.41 Å². The highest BCUT2D eigenvalue weighted by atomic mass is 32.1. The molecule has 0 rings (SSSR count). The summed E-state index contributed by atoms with van der Waals surface area (Å²) < 4.78 is 0. The fourth-order valence-electron chi connectivity index (χ4n) is 0.669. The van der Waals surface area contributed by atoms with E-state index in [1.54, 1.807) is 0 Å². The Balaban J connectivity index is -0.000000202. The van der Waals surface area contributed by atoms with Gasteiger partial charge in [0.25, 0.3) is 0 Å². The molecule has 7 N–H and O–H groups in total. The van der Waals surface area contributed by atoms with Crippen molar-refractivity contribution in [1.82, 2.24) is 5.32 Å². The number of carboxylic acids is 1. The normalized spacial score (nSPS) is 11.2. The van der Waals surface area contributed by atoms with Gasteiger partial charge in [-0.1, -0.05) is 0 Å². The topological polar surface area (TPSA) is 125 Å². The number of nitrogens with two attached hydrogens (primary N) is 2. The highest BCUT2D eigenvalue weighted by Crippen LogP contribution is 1.92. The zero-order chi connectivity index (χ0) is 9.56. The number of hydrogen-bond donors (Lipinski definition) is 5. The molecular formula is C6H16N4O2S. The molecule has 1 atom stereocenters. The van der Waals surface area contributed by atoms with Crippen molar-refractivity contribution < 1.29 is 12.8 Å². The molecular weight excluding hydrogens is 192 g/mol. The lowest BCUT2D eigenvalue weighted by Crippen LogP contribution is -2.34. The Kier molecular flexibility index (Phi) is 8.61. The molecule has 0 spiro atoms. The molecule has 0 aromatic rings. The summed E-state index contributed by atoms with van der Waals surface area (Å²) in [5.41, 5.74) is 10.2. The van der Waals surface area contributed by atoms with E-state index in [1.165, 1.54) is 0 Å². The Morgan fingerprint density at radius 1 is 1.69 bits per heavy atom. The first-order valence-electron chi connectivity index (χ1n) is 3.60. The van der Waals surface area contributed by atoms with Crippen LogP contribution in [0.5, 0.6) is 0 Å². The van der Waals surface area contributed by atoms with Crippen molar-refractivity contribution >= 4 is 25.4 Å².